The van der Waals surface area contributed by atoms with E-state index in [0.29, 0.717) is 11.6 Å². The molecule has 122 valence electrons. The number of ketones is 1. The van der Waals surface area contributed by atoms with Crippen molar-refractivity contribution in [2.75, 3.05) is 5.23 Å². The van der Waals surface area contributed by atoms with E-state index in [0.717, 1.165) is 12.1 Å². The molecule has 1 atom stereocenters. The minimum atomic E-state index is -4.66. The summed E-state index contributed by atoms with van der Waals surface area (Å²) in [7, 11) is 0. The van der Waals surface area contributed by atoms with Crippen LogP contribution in [0.5, 0.6) is 0 Å². The quantitative estimate of drug-likeness (QED) is 0.859. The van der Waals surface area contributed by atoms with Gasteiger partial charge in [-0.3, -0.25) is 10.0 Å². The first kappa shape index (κ1) is 17.0. The van der Waals surface area contributed by atoms with Crippen LogP contribution in [-0.2, 0) is 11.0 Å². The molecule has 2 rings (SSSR count). The van der Waals surface area contributed by atoms with Crippen molar-refractivity contribution in [3.8, 4) is 0 Å². The highest BCUT2D eigenvalue weighted by molar-refractivity contribution is 5.89. The van der Waals surface area contributed by atoms with Crippen LogP contribution in [0, 0.1) is 5.21 Å². The number of halogens is 3. The van der Waals surface area contributed by atoms with Gasteiger partial charge in [0.15, 0.2) is 0 Å². The highest BCUT2D eigenvalue weighted by Gasteiger charge is 2.32. The second-order valence-corrected chi connectivity index (χ2v) is 5.00. The molecular weight excluding hydrogens is 311 g/mol. The molecule has 0 spiro atoms. The van der Waals surface area contributed by atoms with Gasteiger partial charge < -0.3 is 10.4 Å². The molecule has 0 amide bonds. The van der Waals surface area contributed by atoms with Gasteiger partial charge in [-0.1, -0.05) is 36.4 Å². The second-order valence-electron chi connectivity index (χ2n) is 5.00. The first-order chi connectivity index (χ1) is 10.7. The third-order valence-corrected chi connectivity index (χ3v) is 3.41. The standard InChI is InChI=1S/C16H13F3NO3/c1-10(21)15(11-5-3-2-4-6-11)13-8-7-12(16(17,18)19)9-14(13)20(22)23/h2-9,15,22H,1H3/q-1/t15-/m0/s1. The van der Waals surface area contributed by atoms with Crippen molar-refractivity contribution in [2.24, 2.45) is 0 Å². The molecule has 0 aliphatic carbocycles. The summed E-state index contributed by atoms with van der Waals surface area (Å²) in [4.78, 5) is 12.0. The fraction of sp³-hybridized carbons (Fsp3) is 0.188. The number of rotatable bonds is 4. The van der Waals surface area contributed by atoms with Gasteiger partial charge in [-0.2, -0.15) is 13.2 Å². The molecule has 2 aromatic rings. The molecule has 0 aliphatic heterocycles. The van der Waals surface area contributed by atoms with Gasteiger partial charge in [0.2, 0.25) is 0 Å². The lowest BCUT2D eigenvalue weighted by Crippen LogP contribution is -2.18. The fourth-order valence-electron chi connectivity index (χ4n) is 2.41. The van der Waals surface area contributed by atoms with Crippen LogP contribution in [0.25, 0.3) is 0 Å². The van der Waals surface area contributed by atoms with Gasteiger partial charge in [0.05, 0.1) is 17.2 Å². The van der Waals surface area contributed by atoms with Crippen molar-refractivity contribution in [1.82, 2.24) is 0 Å². The number of carbonyl (C=O) groups excluding carboxylic acids is 1. The highest BCUT2D eigenvalue weighted by Crippen LogP contribution is 2.37. The van der Waals surface area contributed by atoms with E-state index in [1.54, 1.807) is 30.3 Å². The average Bonchev–Trinajstić information content (AvgIpc) is 2.47. The normalized spacial score (nSPS) is 12.8. The number of carbonyl (C=O) groups is 1. The van der Waals surface area contributed by atoms with Crippen LogP contribution in [0.3, 0.4) is 0 Å². The number of nitrogens with zero attached hydrogens (tertiary/aromatic N) is 1. The van der Waals surface area contributed by atoms with Crippen molar-refractivity contribution in [3.05, 3.63) is 70.4 Å². The maximum Gasteiger partial charge on any atom is 0.416 e. The molecule has 0 aliphatic rings. The van der Waals surface area contributed by atoms with E-state index in [2.05, 4.69) is 0 Å². The van der Waals surface area contributed by atoms with Crippen LogP contribution in [0.15, 0.2) is 48.5 Å². The molecule has 2 aromatic carbocycles. The van der Waals surface area contributed by atoms with Gasteiger partial charge in [0, 0.05) is 0 Å². The Morgan fingerprint density at radius 3 is 2.26 bits per heavy atom. The Hall–Kier alpha value is -2.38. The molecule has 4 nitrogen and oxygen atoms in total. The molecule has 0 aromatic heterocycles. The van der Waals surface area contributed by atoms with Crippen molar-refractivity contribution in [3.63, 3.8) is 0 Å². The van der Waals surface area contributed by atoms with Crippen molar-refractivity contribution < 1.29 is 23.2 Å². The topological polar surface area (TPSA) is 63.6 Å². The van der Waals surface area contributed by atoms with E-state index >= 15 is 0 Å². The van der Waals surface area contributed by atoms with E-state index in [-0.39, 0.29) is 11.3 Å². The lowest BCUT2D eigenvalue weighted by molar-refractivity contribution is -0.137. The smallest absolute Gasteiger partial charge is 0.416 e. The largest absolute Gasteiger partial charge is 0.733 e. The van der Waals surface area contributed by atoms with Crippen LogP contribution in [-0.4, -0.2) is 11.0 Å². The first-order valence-electron chi connectivity index (χ1n) is 6.64. The van der Waals surface area contributed by atoms with E-state index in [9.17, 15) is 28.4 Å². The van der Waals surface area contributed by atoms with E-state index in [1.165, 1.54) is 6.92 Å². The molecule has 1 N–H and O–H groups in total. The van der Waals surface area contributed by atoms with Crippen LogP contribution >= 0.6 is 0 Å². The number of anilines is 1. The molecule has 0 bridgehead atoms. The van der Waals surface area contributed by atoms with Gasteiger partial charge in [-0.05, 0) is 30.2 Å². The molecule has 0 unspecified atom stereocenters. The SMILES string of the molecule is CC(=O)[C@@H](c1ccccc1)c1ccc(C(F)(F)F)cc1N([O-])O. The monoisotopic (exact) mass is 324 g/mol. The number of alkyl halides is 3. The Morgan fingerprint density at radius 2 is 1.78 bits per heavy atom. The van der Waals surface area contributed by atoms with Crippen molar-refractivity contribution >= 4 is 11.5 Å². The molecular formula is C16H13F3NO3-. The number of Topliss-reactive ketones (excluding diaryl/α,β-unsaturated/α-hetero) is 1. The second kappa shape index (κ2) is 6.39. The van der Waals surface area contributed by atoms with E-state index in [1.807, 2.05) is 0 Å². The van der Waals surface area contributed by atoms with Crippen molar-refractivity contribution in [2.45, 2.75) is 19.0 Å². The minimum absolute atomic E-state index is 0.00852. The first-order valence-corrected chi connectivity index (χ1v) is 6.64. The van der Waals surface area contributed by atoms with Crippen LogP contribution in [0.1, 0.15) is 29.5 Å². The summed E-state index contributed by atoms with van der Waals surface area (Å²) in [6.45, 7) is 1.27. The predicted molar refractivity (Wildman–Crippen MR) is 78.0 cm³/mol. The zero-order valence-electron chi connectivity index (χ0n) is 12.0. The van der Waals surface area contributed by atoms with Crippen LogP contribution in [0.4, 0.5) is 18.9 Å². The Labute approximate surface area is 130 Å². The maximum absolute atomic E-state index is 12.8. The summed E-state index contributed by atoms with van der Waals surface area (Å²) in [6, 6.07) is 10.7. The molecule has 0 fully saturated rings. The predicted octanol–water partition coefficient (Wildman–Crippen LogP) is 4.12. The number of benzene rings is 2. The minimum Gasteiger partial charge on any atom is -0.733 e. The summed E-state index contributed by atoms with van der Waals surface area (Å²) < 4.78 is 38.3. The van der Waals surface area contributed by atoms with Gasteiger partial charge in [-0.15, -0.1) is 0 Å². The Bertz CT molecular complexity index is 699. The Morgan fingerprint density at radius 1 is 1.17 bits per heavy atom. The van der Waals surface area contributed by atoms with Crippen LogP contribution < -0.4 is 5.23 Å². The summed E-state index contributed by atoms with van der Waals surface area (Å²) in [6.07, 6.45) is -4.66. The molecule has 0 saturated carbocycles. The molecule has 0 saturated heterocycles. The Kier molecular flexibility index (Phi) is 4.72. The molecule has 23 heavy (non-hydrogen) atoms. The van der Waals surface area contributed by atoms with Gasteiger partial charge >= 0.3 is 6.18 Å². The summed E-state index contributed by atoms with van der Waals surface area (Å²) in [5.41, 5.74) is -1.16. The zero-order valence-corrected chi connectivity index (χ0v) is 12.0. The molecule has 7 heteroatoms. The van der Waals surface area contributed by atoms with Gasteiger partial charge in [0.1, 0.15) is 5.78 Å². The lowest BCUT2D eigenvalue weighted by Gasteiger charge is -2.28. The Balaban J connectivity index is 2.62. The van der Waals surface area contributed by atoms with E-state index in [4.69, 9.17) is 0 Å². The maximum atomic E-state index is 12.8. The van der Waals surface area contributed by atoms with Gasteiger partial charge in [-0.25, -0.2) is 0 Å². The zero-order chi connectivity index (χ0) is 17.2. The number of hydrogen-bond acceptors (Lipinski definition) is 4. The lowest BCUT2D eigenvalue weighted by atomic mass is 9.86. The number of hydrogen-bond donors (Lipinski definition) is 1. The van der Waals surface area contributed by atoms with E-state index < -0.39 is 28.6 Å². The fourth-order valence-corrected chi connectivity index (χ4v) is 2.41. The summed E-state index contributed by atoms with van der Waals surface area (Å²) in [5, 5.41) is 19.8. The summed E-state index contributed by atoms with van der Waals surface area (Å²) >= 11 is 0. The summed E-state index contributed by atoms with van der Waals surface area (Å²) in [5.74, 6) is -1.31. The third-order valence-electron chi connectivity index (χ3n) is 3.41. The average molecular weight is 324 g/mol. The van der Waals surface area contributed by atoms with Crippen LogP contribution in [0.2, 0.25) is 0 Å². The molecule has 0 radical (unpaired) electrons. The highest BCUT2D eigenvalue weighted by atomic mass is 19.4. The van der Waals surface area contributed by atoms with Crippen molar-refractivity contribution in [1.29, 1.82) is 0 Å². The van der Waals surface area contributed by atoms with Gasteiger partial charge in [0.25, 0.3) is 0 Å². The third kappa shape index (κ3) is 3.69. The molecule has 0 heterocycles.